The van der Waals surface area contributed by atoms with E-state index in [1.54, 1.807) is 19.2 Å². The van der Waals surface area contributed by atoms with E-state index in [1.165, 1.54) is 36.0 Å². The van der Waals surface area contributed by atoms with E-state index < -0.39 is 0 Å². The van der Waals surface area contributed by atoms with Crippen LogP contribution in [0.1, 0.15) is 53.9 Å². The molecule has 0 bridgehead atoms. The van der Waals surface area contributed by atoms with E-state index in [1.807, 2.05) is 6.07 Å². The van der Waals surface area contributed by atoms with Crippen LogP contribution in [-0.2, 0) is 19.4 Å². The Kier molecular flexibility index (Phi) is 8.07. The Morgan fingerprint density at radius 3 is 2.67 bits per heavy atom. The normalized spacial score (nSPS) is 17.9. The molecule has 1 unspecified atom stereocenters. The first-order valence-corrected chi connectivity index (χ1v) is 13.3. The first-order chi connectivity index (χ1) is 17.7. The van der Waals surface area contributed by atoms with Gasteiger partial charge in [-0.25, -0.2) is 4.39 Å². The molecule has 190 valence electrons. The van der Waals surface area contributed by atoms with E-state index in [4.69, 9.17) is 9.47 Å². The van der Waals surface area contributed by atoms with Gasteiger partial charge in [0.2, 0.25) is 0 Å². The minimum absolute atomic E-state index is 0.291. The maximum absolute atomic E-state index is 14.7. The van der Waals surface area contributed by atoms with Gasteiger partial charge < -0.3 is 14.8 Å². The van der Waals surface area contributed by atoms with Crippen molar-refractivity contribution in [2.24, 2.45) is 0 Å². The minimum Gasteiger partial charge on any atom is -0.497 e. The van der Waals surface area contributed by atoms with E-state index in [0.29, 0.717) is 24.8 Å². The lowest BCUT2D eigenvalue weighted by molar-refractivity contribution is 0.180. The quantitative estimate of drug-likeness (QED) is 0.369. The van der Waals surface area contributed by atoms with Gasteiger partial charge in [-0.2, -0.15) is 0 Å². The number of anilines is 1. The molecular formula is C31H37FN2O2. The van der Waals surface area contributed by atoms with Crippen LogP contribution < -0.4 is 14.8 Å². The minimum atomic E-state index is -0.291. The monoisotopic (exact) mass is 488 g/mol. The summed E-state index contributed by atoms with van der Waals surface area (Å²) in [6.07, 6.45) is 7.00. The molecule has 1 heterocycles. The summed E-state index contributed by atoms with van der Waals surface area (Å²) >= 11 is 0. The van der Waals surface area contributed by atoms with E-state index in [0.717, 1.165) is 55.9 Å². The molecule has 1 saturated heterocycles. The van der Waals surface area contributed by atoms with Crippen molar-refractivity contribution in [1.82, 2.24) is 4.90 Å². The molecule has 36 heavy (non-hydrogen) atoms. The second-order valence-electron chi connectivity index (χ2n) is 10.0. The molecule has 1 N–H and O–H groups in total. The van der Waals surface area contributed by atoms with Crippen LogP contribution in [0.25, 0.3) is 0 Å². The Morgan fingerprint density at radius 1 is 0.972 bits per heavy atom. The molecule has 5 heteroatoms. The summed E-state index contributed by atoms with van der Waals surface area (Å²) < 4.78 is 25.9. The molecule has 1 atom stereocenters. The molecular weight excluding hydrogens is 451 g/mol. The van der Waals surface area contributed by atoms with Crippen LogP contribution >= 0.6 is 0 Å². The Hall–Kier alpha value is -3.05. The van der Waals surface area contributed by atoms with Gasteiger partial charge in [0, 0.05) is 18.8 Å². The first-order valence-electron chi connectivity index (χ1n) is 13.3. The number of ether oxygens (including phenoxy) is 2. The van der Waals surface area contributed by atoms with E-state index in [9.17, 15) is 4.39 Å². The molecule has 0 radical (unpaired) electrons. The van der Waals surface area contributed by atoms with Crippen LogP contribution in [0.2, 0.25) is 0 Å². The van der Waals surface area contributed by atoms with Gasteiger partial charge in [0.15, 0.2) is 11.6 Å². The Bertz CT molecular complexity index is 1160. The highest BCUT2D eigenvalue weighted by Crippen LogP contribution is 2.37. The third-order valence-corrected chi connectivity index (χ3v) is 7.64. The summed E-state index contributed by atoms with van der Waals surface area (Å²) in [7, 11) is 1.72. The summed E-state index contributed by atoms with van der Waals surface area (Å²) in [5.74, 6) is 1.44. The van der Waals surface area contributed by atoms with E-state index in [2.05, 4.69) is 52.7 Å². The molecule has 0 amide bonds. The Morgan fingerprint density at radius 2 is 1.83 bits per heavy atom. The fourth-order valence-electron chi connectivity index (χ4n) is 5.57. The summed E-state index contributed by atoms with van der Waals surface area (Å²) in [6, 6.07) is 20.3. The fourth-order valence-corrected chi connectivity index (χ4v) is 5.57. The molecule has 3 aromatic carbocycles. The molecule has 4 nitrogen and oxygen atoms in total. The molecule has 1 fully saturated rings. The molecule has 2 aliphatic rings. The highest BCUT2D eigenvalue weighted by Gasteiger charge is 2.22. The van der Waals surface area contributed by atoms with Crippen molar-refractivity contribution in [2.45, 2.75) is 51.0 Å². The zero-order chi connectivity index (χ0) is 24.7. The van der Waals surface area contributed by atoms with Crippen LogP contribution in [0.15, 0.2) is 60.7 Å². The second-order valence-corrected chi connectivity index (χ2v) is 10.0. The third-order valence-electron chi connectivity index (χ3n) is 7.64. The summed E-state index contributed by atoms with van der Waals surface area (Å²) in [4.78, 5) is 2.40. The van der Waals surface area contributed by atoms with Crippen molar-refractivity contribution < 1.29 is 13.9 Å². The van der Waals surface area contributed by atoms with Crippen LogP contribution in [0.5, 0.6) is 11.5 Å². The second kappa shape index (κ2) is 11.8. The number of piperidine rings is 1. The maximum Gasteiger partial charge on any atom is 0.165 e. The number of nitrogens with zero attached hydrogens (tertiary/aromatic N) is 1. The standard InChI is InChI=1S/C31H37FN2O2/c1-35-27-13-12-24-20-26(11-10-25(24)21-27)28-7-3-4-8-30(28)33-22-23-9-14-31(29(32)19-23)36-18-17-34-15-5-2-6-16-34/h3-4,7-9,12-14,19,21,26,33H,2,5-6,10-11,15-18,20,22H2,1H3. The van der Waals surface area contributed by atoms with Crippen molar-refractivity contribution in [2.75, 3.05) is 38.7 Å². The maximum atomic E-state index is 14.7. The van der Waals surface area contributed by atoms with Crippen LogP contribution in [0.3, 0.4) is 0 Å². The Balaban J connectivity index is 1.18. The number of para-hydroxylation sites is 1. The average Bonchev–Trinajstić information content (AvgIpc) is 2.93. The smallest absolute Gasteiger partial charge is 0.165 e. The zero-order valence-corrected chi connectivity index (χ0v) is 21.3. The number of fused-ring (bicyclic) bond motifs is 1. The number of aryl methyl sites for hydroxylation is 1. The van der Waals surface area contributed by atoms with Gasteiger partial charge in [-0.1, -0.05) is 36.8 Å². The van der Waals surface area contributed by atoms with Gasteiger partial charge in [-0.15, -0.1) is 0 Å². The van der Waals surface area contributed by atoms with Crippen molar-refractivity contribution >= 4 is 5.69 Å². The highest BCUT2D eigenvalue weighted by molar-refractivity contribution is 5.54. The number of halogens is 1. The van der Waals surface area contributed by atoms with E-state index in [-0.39, 0.29) is 5.82 Å². The Labute approximate surface area is 214 Å². The fraction of sp³-hybridized carbons (Fsp3) is 0.419. The van der Waals surface area contributed by atoms with Crippen molar-refractivity contribution in [1.29, 1.82) is 0 Å². The molecule has 0 aromatic heterocycles. The van der Waals surface area contributed by atoms with Crippen LogP contribution in [0.4, 0.5) is 10.1 Å². The predicted molar refractivity (Wildman–Crippen MR) is 144 cm³/mol. The average molecular weight is 489 g/mol. The third kappa shape index (κ3) is 6.01. The number of hydrogen-bond donors (Lipinski definition) is 1. The first kappa shape index (κ1) is 24.6. The van der Waals surface area contributed by atoms with Gasteiger partial charge in [0.25, 0.3) is 0 Å². The lowest BCUT2D eigenvalue weighted by atomic mass is 9.79. The molecule has 1 aliphatic heterocycles. The lowest BCUT2D eigenvalue weighted by Crippen LogP contribution is -2.33. The van der Waals surface area contributed by atoms with Crippen LogP contribution in [-0.4, -0.2) is 38.3 Å². The summed E-state index contributed by atoms with van der Waals surface area (Å²) in [5.41, 5.74) is 6.16. The SMILES string of the molecule is COc1ccc2c(c1)CCC(c1ccccc1NCc1ccc(OCCN3CCCCC3)c(F)c1)C2. The summed E-state index contributed by atoms with van der Waals surface area (Å²) in [5, 5.41) is 3.57. The van der Waals surface area contributed by atoms with Crippen LogP contribution in [0, 0.1) is 5.82 Å². The number of hydrogen-bond acceptors (Lipinski definition) is 4. The number of benzene rings is 3. The molecule has 0 spiro atoms. The number of nitrogens with one attached hydrogen (secondary N) is 1. The largest absolute Gasteiger partial charge is 0.497 e. The molecule has 1 aliphatic carbocycles. The van der Waals surface area contributed by atoms with Gasteiger partial charge >= 0.3 is 0 Å². The van der Waals surface area contributed by atoms with Crippen molar-refractivity contribution in [3.05, 3.63) is 88.7 Å². The van der Waals surface area contributed by atoms with Crippen molar-refractivity contribution in [3.8, 4) is 11.5 Å². The topological polar surface area (TPSA) is 33.7 Å². The number of rotatable bonds is 9. The molecule has 0 saturated carbocycles. The number of likely N-dealkylation sites (tertiary alicyclic amines) is 1. The molecule has 5 rings (SSSR count). The summed E-state index contributed by atoms with van der Waals surface area (Å²) in [6.45, 7) is 4.21. The highest BCUT2D eigenvalue weighted by atomic mass is 19.1. The predicted octanol–water partition coefficient (Wildman–Crippen LogP) is 6.58. The van der Waals surface area contributed by atoms with E-state index >= 15 is 0 Å². The van der Waals surface area contributed by atoms with Gasteiger partial charge in [0.1, 0.15) is 12.4 Å². The van der Waals surface area contributed by atoms with Gasteiger partial charge in [0.05, 0.1) is 7.11 Å². The lowest BCUT2D eigenvalue weighted by Gasteiger charge is -2.27. The number of methoxy groups -OCH3 is 1. The zero-order valence-electron chi connectivity index (χ0n) is 21.3. The van der Waals surface area contributed by atoms with Gasteiger partial charge in [-0.05, 0) is 104 Å². The van der Waals surface area contributed by atoms with Gasteiger partial charge in [-0.3, -0.25) is 4.90 Å². The van der Waals surface area contributed by atoms with Crippen molar-refractivity contribution in [3.63, 3.8) is 0 Å². The molecule has 3 aromatic rings.